The molecule has 0 aliphatic carbocycles. The number of sulfone groups is 1. The number of halogens is 1. The van der Waals surface area contributed by atoms with E-state index in [9.17, 15) is 17.6 Å². The number of benzene rings is 1. The SMILES string of the molecule is O=Cc1ccccc1S(=O)(=O)CF. The van der Waals surface area contributed by atoms with E-state index < -0.39 is 15.8 Å². The average Bonchev–Trinajstić information content (AvgIpc) is 2.18. The van der Waals surface area contributed by atoms with Crippen LogP contribution in [0, 0.1) is 0 Å². The lowest BCUT2D eigenvalue weighted by atomic mass is 10.2. The second-order valence-electron chi connectivity index (χ2n) is 2.38. The molecule has 0 fully saturated rings. The fraction of sp³-hybridized carbons (Fsp3) is 0.125. The first-order valence-electron chi connectivity index (χ1n) is 3.45. The Kier molecular flexibility index (Phi) is 2.77. The molecule has 0 heterocycles. The quantitative estimate of drug-likeness (QED) is 0.692. The Morgan fingerprint density at radius 1 is 1.31 bits per heavy atom. The second-order valence-corrected chi connectivity index (χ2v) is 4.27. The van der Waals surface area contributed by atoms with Crippen molar-refractivity contribution in [3.8, 4) is 0 Å². The van der Waals surface area contributed by atoms with E-state index in [1.807, 2.05) is 0 Å². The molecule has 0 atom stereocenters. The van der Waals surface area contributed by atoms with Crippen molar-refractivity contribution in [2.24, 2.45) is 0 Å². The lowest BCUT2D eigenvalue weighted by Crippen LogP contribution is -2.05. The summed E-state index contributed by atoms with van der Waals surface area (Å²) < 4.78 is 34.2. The van der Waals surface area contributed by atoms with Gasteiger partial charge in [-0.15, -0.1) is 0 Å². The minimum Gasteiger partial charge on any atom is -0.298 e. The molecule has 13 heavy (non-hydrogen) atoms. The Balaban J connectivity index is 3.37. The van der Waals surface area contributed by atoms with E-state index in [1.54, 1.807) is 0 Å². The summed E-state index contributed by atoms with van der Waals surface area (Å²) in [5.74, 6) is 0. The number of hydrogen-bond donors (Lipinski definition) is 0. The summed E-state index contributed by atoms with van der Waals surface area (Å²) in [4.78, 5) is 10.1. The molecule has 3 nitrogen and oxygen atoms in total. The van der Waals surface area contributed by atoms with Crippen molar-refractivity contribution in [3.05, 3.63) is 29.8 Å². The molecular weight excluding hydrogens is 195 g/mol. The third-order valence-electron chi connectivity index (χ3n) is 1.52. The summed E-state index contributed by atoms with van der Waals surface area (Å²) in [7, 11) is -3.94. The maximum absolute atomic E-state index is 12.1. The zero-order chi connectivity index (χ0) is 9.90. The van der Waals surface area contributed by atoms with Gasteiger partial charge in [-0.1, -0.05) is 18.2 Å². The van der Waals surface area contributed by atoms with E-state index in [2.05, 4.69) is 0 Å². The molecule has 0 aliphatic heterocycles. The molecule has 0 saturated heterocycles. The second kappa shape index (κ2) is 3.66. The summed E-state index contributed by atoms with van der Waals surface area (Å²) in [6.45, 7) is 0. The Labute approximate surface area is 75.1 Å². The molecule has 0 unspecified atom stereocenters. The highest BCUT2D eigenvalue weighted by atomic mass is 32.2. The molecular formula is C8H7FO3S. The highest BCUT2D eigenvalue weighted by Crippen LogP contribution is 2.15. The smallest absolute Gasteiger partial charge is 0.208 e. The largest absolute Gasteiger partial charge is 0.298 e. The van der Waals surface area contributed by atoms with Crippen LogP contribution >= 0.6 is 0 Å². The Morgan fingerprint density at radius 2 is 1.92 bits per heavy atom. The van der Waals surface area contributed by atoms with E-state index in [4.69, 9.17) is 0 Å². The lowest BCUT2D eigenvalue weighted by Gasteiger charge is -2.01. The molecule has 0 aromatic heterocycles. The van der Waals surface area contributed by atoms with Crippen LogP contribution in [0.1, 0.15) is 10.4 Å². The van der Waals surface area contributed by atoms with E-state index in [0.717, 1.165) is 0 Å². The minimum absolute atomic E-state index is 0.0137. The van der Waals surface area contributed by atoms with Gasteiger partial charge in [0, 0.05) is 5.56 Å². The maximum Gasteiger partial charge on any atom is 0.208 e. The summed E-state index contributed by atoms with van der Waals surface area (Å²) in [5, 5.41) is 0. The van der Waals surface area contributed by atoms with Gasteiger partial charge in [0.2, 0.25) is 9.84 Å². The summed E-state index contributed by atoms with van der Waals surface area (Å²) >= 11 is 0. The molecule has 0 aliphatic rings. The van der Waals surface area contributed by atoms with Crippen molar-refractivity contribution in [2.75, 3.05) is 6.01 Å². The first-order chi connectivity index (χ1) is 6.11. The summed E-state index contributed by atoms with van der Waals surface area (Å²) in [5.41, 5.74) is -0.0137. The van der Waals surface area contributed by atoms with Crippen molar-refractivity contribution < 1.29 is 17.6 Å². The normalized spacial score (nSPS) is 11.2. The minimum atomic E-state index is -3.94. The standard InChI is InChI=1S/C8H7FO3S/c9-6-13(11,12)8-4-2-1-3-7(8)5-10/h1-5H,6H2. The van der Waals surface area contributed by atoms with Crippen molar-refractivity contribution in [1.82, 2.24) is 0 Å². The number of carbonyl (C=O) groups is 1. The molecule has 1 rings (SSSR count). The van der Waals surface area contributed by atoms with Gasteiger partial charge in [0.15, 0.2) is 12.3 Å². The first kappa shape index (κ1) is 9.85. The van der Waals surface area contributed by atoms with Gasteiger partial charge in [0.05, 0.1) is 4.90 Å². The van der Waals surface area contributed by atoms with Gasteiger partial charge in [0.1, 0.15) is 0 Å². The van der Waals surface area contributed by atoms with E-state index >= 15 is 0 Å². The maximum atomic E-state index is 12.1. The fourth-order valence-corrected chi connectivity index (χ4v) is 1.80. The third-order valence-corrected chi connectivity index (χ3v) is 2.85. The van der Waals surface area contributed by atoms with Crippen molar-refractivity contribution in [1.29, 1.82) is 0 Å². The predicted molar refractivity (Wildman–Crippen MR) is 45.0 cm³/mol. The molecule has 0 bridgehead atoms. The van der Waals surface area contributed by atoms with Crippen LogP contribution in [-0.4, -0.2) is 20.7 Å². The van der Waals surface area contributed by atoms with Crippen LogP contribution in [-0.2, 0) is 9.84 Å². The van der Waals surface area contributed by atoms with Crippen LogP contribution in [0.2, 0.25) is 0 Å². The fourth-order valence-electron chi connectivity index (χ4n) is 0.920. The average molecular weight is 202 g/mol. The molecule has 0 saturated carbocycles. The van der Waals surface area contributed by atoms with Crippen molar-refractivity contribution in [3.63, 3.8) is 0 Å². The Bertz CT molecular complexity index is 411. The lowest BCUT2D eigenvalue weighted by molar-refractivity contribution is 0.112. The molecule has 0 amide bonds. The summed E-state index contributed by atoms with van der Waals surface area (Å²) in [6.07, 6.45) is 0.391. The third kappa shape index (κ3) is 1.92. The molecule has 0 radical (unpaired) electrons. The topological polar surface area (TPSA) is 51.2 Å². The van der Waals surface area contributed by atoms with E-state index in [-0.39, 0.29) is 10.5 Å². The monoisotopic (exact) mass is 202 g/mol. The first-order valence-corrected chi connectivity index (χ1v) is 5.10. The summed E-state index contributed by atoms with van der Waals surface area (Å²) in [6, 6.07) is 4.00. The van der Waals surface area contributed by atoms with Crippen LogP contribution < -0.4 is 0 Å². The molecule has 1 aromatic carbocycles. The van der Waals surface area contributed by atoms with Gasteiger partial charge >= 0.3 is 0 Å². The van der Waals surface area contributed by atoms with Crippen LogP contribution in [0.15, 0.2) is 29.2 Å². The zero-order valence-electron chi connectivity index (χ0n) is 6.60. The predicted octanol–water partition coefficient (Wildman–Crippen LogP) is 1.20. The van der Waals surface area contributed by atoms with Gasteiger partial charge < -0.3 is 0 Å². The molecule has 70 valence electrons. The van der Waals surface area contributed by atoms with E-state index in [1.165, 1.54) is 24.3 Å². The van der Waals surface area contributed by atoms with E-state index in [0.29, 0.717) is 6.29 Å². The van der Waals surface area contributed by atoms with Gasteiger partial charge in [-0.25, -0.2) is 12.8 Å². The number of carbonyl (C=O) groups excluding carboxylic acids is 1. The number of hydrogen-bond acceptors (Lipinski definition) is 3. The van der Waals surface area contributed by atoms with Gasteiger partial charge in [-0.2, -0.15) is 0 Å². The van der Waals surface area contributed by atoms with Crippen molar-refractivity contribution in [2.45, 2.75) is 4.90 Å². The van der Waals surface area contributed by atoms with Gasteiger partial charge in [0.25, 0.3) is 0 Å². The number of alkyl halides is 1. The highest BCUT2D eigenvalue weighted by Gasteiger charge is 2.16. The molecule has 0 N–H and O–H groups in total. The van der Waals surface area contributed by atoms with Gasteiger partial charge in [-0.3, -0.25) is 4.79 Å². The molecule has 5 heteroatoms. The van der Waals surface area contributed by atoms with Gasteiger partial charge in [-0.05, 0) is 6.07 Å². The Hall–Kier alpha value is -1.23. The van der Waals surface area contributed by atoms with Crippen LogP contribution in [0.3, 0.4) is 0 Å². The number of aldehydes is 1. The zero-order valence-corrected chi connectivity index (χ0v) is 7.42. The highest BCUT2D eigenvalue weighted by molar-refractivity contribution is 7.91. The molecule has 1 aromatic rings. The number of rotatable bonds is 3. The van der Waals surface area contributed by atoms with Crippen LogP contribution in [0.25, 0.3) is 0 Å². The van der Waals surface area contributed by atoms with Crippen LogP contribution in [0.5, 0.6) is 0 Å². The Morgan fingerprint density at radius 3 is 2.46 bits per heavy atom. The van der Waals surface area contributed by atoms with Crippen molar-refractivity contribution >= 4 is 16.1 Å². The molecule has 0 spiro atoms. The van der Waals surface area contributed by atoms with Crippen LogP contribution in [0.4, 0.5) is 4.39 Å².